The average molecular weight is 325 g/mol. The van der Waals surface area contributed by atoms with E-state index in [0.29, 0.717) is 5.41 Å². The van der Waals surface area contributed by atoms with Gasteiger partial charge in [-0.05, 0) is 59.4 Å². The van der Waals surface area contributed by atoms with E-state index in [1.165, 1.54) is 35.8 Å². The molecule has 1 aromatic carbocycles. The number of benzene rings is 1. The summed E-state index contributed by atoms with van der Waals surface area (Å²) in [6.07, 6.45) is 7.70. The predicted octanol–water partition coefficient (Wildman–Crippen LogP) is 3.97. The highest BCUT2D eigenvalue weighted by atomic mass is 32.2. The van der Waals surface area contributed by atoms with E-state index >= 15 is 0 Å². The molecule has 0 amide bonds. The molecule has 0 unspecified atom stereocenters. The Morgan fingerprint density at radius 3 is 2.09 bits per heavy atom. The zero-order chi connectivity index (χ0) is 16.1. The maximum absolute atomic E-state index is 11.6. The Hall–Kier alpha value is -1.94. The van der Waals surface area contributed by atoms with Crippen LogP contribution in [0.4, 0.5) is 0 Å². The molecule has 118 valence electrons. The summed E-state index contributed by atoms with van der Waals surface area (Å²) in [5, 5.41) is 0.141. The maximum atomic E-state index is 11.6. The van der Waals surface area contributed by atoms with Gasteiger partial charge in [0, 0.05) is 12.5 Å². The minimum atomic E-state index is -3.25. The monoisotopic (exact) mass is 325 g/mol. The second-order valence-electron chi connectivity index (χ2n) is 6.83. The smallest absolute Gasteiger partial charge is 0.192 e. The van der Waals surface area contributed by atoms with E-state index in [0.717, 1.165) is 18.4 Å². The Morgan fingerprint density at radius 2 is 1.57 bits per heavy atom. The second-order valence-corrected chi connectivity index (χ2v) is 8.80. The summed E-state index contributed by atoms with van der Waals surface area (Å²) in [5.74, 6) is 0. The van der Waals surface area contributed by atoms with Crippen molar-refractivity contribution < 1.29 is 8.42 Å². The summed E-state index contributed by atoms with van der Waals surface area (Å²) < 4.78 is 23.2. The number of sulfone groups is 1. The summed E-state index contributed by atoms with van der Waals surface area (Å²) in [6, 6.07) is 14.0. The fraction of sp³-hybridized carbons (Fsp3) is 0.316. The highest BCUT2D eigenvalue weighted by Crippen LogP contribution is 2.63. The molecule has 3 nitrogen and oxygen atoms in total. The van der Waals surface area contributed by atoms with Crippen molar-refractivity contribution in [2.45, 2.75) is 30.7 Å². The summed E-state index contributed by atoms with van der Waals surface area (Å²) in [4.78, 5) is 4.17. The molecule has 0 N–H and O–H groups in total. The van der Waals surface area contributed by atoms with Crippen molar-refractivity contribution in [2.75, 3.05) is 6.26 Å². The van der Waals surface area contributed by atoms with Crippen molar-refractivity contribution in [1.29, 1.82) is 0 Å². The molecule has 23 heavy (non-hydrogen) atoms. The number of hydrogen-bond donors (Lipinski definition) is 0. The topological polar surface area (TPSA) is 47.0 Å². The molecule has 1 aromatic heterocycles. The number of rotatable bonds is 3. The third-order valence-corrected chi connectivity index (χ3v) is 6.01. The fourth-order valence-corrected chi connectivity index (χ4v) is 4.09. The summed E-state index contributed by atoms with van der Waals surface area (Å²) in [7, 11) is -3.25. The summed E-state index contributed by atoms with van der Waals surface area (Å²) in [5.41, 5.74) is 5.52. The van der Waals surface area contributed by atoms with Crippen molar-refractivity contribution in [2.24, 2.45) is 5.41 Å². The SMILES string of the molecule is CS(=O)(=O)c1ccc(C2=C(c3ccccc3)CC3(CC3)C2)cn1. The van der Waals surface area contributed by atoms with Crippen LogP contribution in [0.25, 0.3) is 11.1 Å². The van der Waals surface area contributed by atoms with Gasteiger partial charge >= 0.3 is 0 Å². The lowest BCUT2D eigenvalue weighted by Crippen LogP contribution is -2.00. The van der Waals surface area contributed by atoms with Gasteiger partial charge in [0.15, 0.2) is 14.9 Å². The minimum absolute atomic E-state index is 0.141. The minimum Gasteiger partial charge on any atom is -0.244 e. The normalized spacial score (nSPS) is 19.3. The molecule has 0 radical (unpaired) electrons. The molecule has 2 aromatic rings. The predicted molar refractivity (Wildman–Crippen MR) is 91.5 cm³/mol. The van der Waals surface area contributed by atoms with Crippen molar-refractivity contribution in [3.63, 3.8) is 0 Å². The van der Waals surface area contributed by atoms with Crippen molar-refractivity contribution in [3.8, 4) is 0 Å². The van der Waals surface area contributed by atoms with Gasteiger partial charge in [-0.3, -0.25) is 0 Å². The van der Waals surface area contributed by atoms with Gasteiger partial charge in [-0.1, -0.05) is 36.4 Å². The Kier molecular flexibility index (Phi) is 3.20. The molecule has 1 saturated carbocycles. The van der Waals surface area contributed by atoms with Crippen LogP contribution in [0, 0.1) is 5.41 Å². The van der Waals surface area contributed by atoms with E-state index in [9.17, 15) is 8.42 Å². The molecule has 2 aliphatic rings. The summed E-state index contributed by atoms with van der Waals surface area (Å²) in [6.45, 7) is 0. The zero-order valence-corrected chi connectivity index (χ0v) is 13.9. The van der Waals surface area contributed by atoms with Gasteiger partial charge in [-0.15, -0.1) is 0 Å². The molecule has 0 bridgehead atoms. The standard InChI is InChI=1S/C19H19NO2S/c1-23(21,22)18-8-7-15(13-20-18)17-12-19(9-10-19)11-16(17)14-5-3-2-4-6-14/h2-8,13H,9-12H2,1H3. The van der Waals surface area contributed by atoms with E-state index in [4.69, 9.17) is 0 Å². The first-order chi connectivity index (χ1) is 11.0. The van der Waals surface area contributed by atoms with Crippen LogP contribution in [0.2, 0.25) is 0 Å². The lowest BCUT2D eigenvalue weighted by atomic mass is 9.98. The van der Waals surface area contributed by atoms with E-state index in [1.54, 1.807) is 12.3 Å². The van der Waals surface area contributed by atoms with Crippen LogP contribution in [-0.4, -0.2) is 19.7 Å². The van der Waals surface area contributed by atoms with Crippen LogP contribution in [0.5, 0.6) is 0 Å². The molecule has 0 saturated heterocycles. The van der Waals surface area contributed by atoms with Crippen molar-refractivity contribution in [1.82, 2.24) is 4.98 Å². The zero-order valence-electron chi connectivity index (χ0n) is 13.1. The molecule has 4 heteroatoms. The lowest BCUT2D eigenvalue weighted by Gasteiger charge is -2.08. The van der Waals surface area contributed by atoms with E-state index in [2.05, 4.69) is 29.2 Å². The highest BCUT2D eigenvalue weighted by molar-refractivity contribution is 7.90. The number of allylic oxidation sites excluding steroid dienone is 2. The Morgan fingerprint density at radius 1 is 0.913 bits per heavy atom. The fourth-order valence-electron chi connectivity index (χ4n) is 3.53. The average Bonchev–Trinajstić information content (AvgIpc) is 3.18. The molecule has 1 spiro atoms. The molecule has 1 heterocycles. The Labute approximate surface area is 137 Å². The van der Waals surface area contributed by atoms with Crippen LogP contribution in [0.1, 0.15) is 36.8 Å². The van der Waals surface area contributed by atoms with Gasteiger partial charge in [0.25, 0.3) is 0 Å². The van der Waals surface area contributed by atoms with Crippen LogP contribution < -0.4 is 0 Å². The summed E-state index contributed by atoms with van der Waals surface area (Å²) >= 11 is 0. The van der Waals surface area contributed by atoms with E-state index < -0.39 is 9.84 Å². The Balaban J connectivity index is 1.78. The van der Waals surface area contributed by atoms with Crippen LogP contribution in [-0.2, 0) is 9.84 Å². The van der Waals surface area contributed by atoms with E-state index in [1.807, 2.05) is 12.1 Å². The molecule has 0 atom stereocenters. The molecule has 1 fully saturated rings. The third-order valence-electron chi connectivity index (χ3n) is 5.01. The molecule has 2 aliphatic carbocycles. The number of aromatic nitrogens is 1. The van der Waals surface area contributed by atoms with Gasteiger partial charge in [0.2, 0.25) is 0 Å². The largest absolute Gasteiger partial charge is 0.244 e. The first kappa shape index (κ1) is 14.6. The van der Waals surface area contributed by atoms with Gasteiger partial charge in [0.1, 0.15) is 0 Å². The third kappa shape index (κ3) is 2.72. The lowest BCUT2D eigenvalue weighted by molar-refractivity contribution is 0.568. The first-order valence-corrected chi connectivity index (χ1v) is 9.80. The van der Waals surface area contributed by atoms with Crippen molar-refractivity contribution in [3.05, 3.63) is 59.8 Å². The number of pyridine rings is 1. The van der Waals surface area contributed by atoms with Crippen LogP contribution in [0.3, 0.4) is 0 Å². The van der Waals surface area contributed by atoms with Gasteiger partial charge < -0.3 is 0 Å². The molecule has 0 aliphatic heterocycles. The molecular weight excluding hydrogens is 306 g/mol. The van der Waals surface area contributed by atoms with Gasteiger partial charge in [-0.25, -0.2) is 13.4 Å². The number of hydrogen-bond acceptors (Lipinski definition) is 3. The van der Waals surface area contributed by atoms with Crippen LogP contribution in [0.15, 0.2) is 53.7 Å². The van der Waals surface area contributed by atoms with Gasteiger partial charge in [0.05, 0.1) is 0 Å². The maximum Gasteiger partial charge on any atom is 0.192 e. The van der Waals surface area contributed by atoms with Crippen molar-refractivity contribution >= 4 is 21.0 Å². The molecule has 4 rings (SSSR count). The Bertz CT molecular complexity index is 877. The highest BCUT2D eigenvalue weighted by Gasteiger charge is 2.48. The van der Waals surface area contributed by atoms with Gasteiger partial charge in [-0.2, -0.15) is 0 Å². The second kappa shape index (κ2) is 5.03. The first-order valence-electron chi connectivity index (χ1n) is 7.91. The quantitative estimate of drug-likeness (QED) is 0.858. The molecular formula is C19H19NO2S. The van der Waals surface area contributed by atoms with Crippen LogP contribution >= 0.6 is 0 Å². The number of nitrogens with zero attached hydrogens (tertiary/aromatic N) is 1. The van der Waals surface area contributed by atoms with E-state index in [-0.39, 0.29) is 5.03 Å².